The van der Waals surface area contributed by atoms with Crippen LogP contribution in [-0.2, 0) is 0 Å². The minimum Gasteiger partial charge on any atom is -0.508 e. The molecule has 0 aliphatic heterocycles. The predicted molar refractivity (Wildman–Crippen MR) is 60.5 cm³/mol. The van der Waals surface area contributed by atoms with Gasteiger partial charge in [-0.15, -0.1) is 0 Å². The molecular formula is C12H10O4. The molecular weight excluding hydrogens is 208 g/mol. The molecule has 1 aromatic heterocycles. The average molecular weight is 218 g/mol. The molecule has 4 heteroatoms. The second kappa shape index (κ2) is 3.73. The zero-order valence-corrected chi connectivity index (χ0v) is 8.60. The van der Waals surface area contributed by atoms with Gasteiger partial charge < -0.3 is 14.6 Å². The van der Waals surface area contributed by atoms with Gasteiger partial charge in [0, 0.05) is 11.5 Å². The molecule has 0 atom stereocenters. The van der Waals surface area contributed by atoms with Crippen molar-refractivity contribution in [2.45, 2.75) is 6.92 Å². The molecule has 1 aromatic carbocycles. The zero-order valence-electron chi connectivity index (χ0n) is 8.60. The fraction of sp³-hybridized carbons (Fsp3) is 0.0833. The lowest BCUT2D eigenvalue weighted by Gasteiger charge is -2.01. The first-order valence-corrected chi connectivity index (χ1v) is 4.74. The lowest BCUT2D eigenvalue weighted by Crippen LogP contribution is -2.00. The van der Waals surface area contributed by atoms with Gasteiger partial charge in [0.1, 0.15) is 22.6 Å². The summed E-state index contributed by atoms with van der Waals surface area (Å²) in [7, 11) is 0. The number of allylic oxidation sites excluding steroid dienone is 1. The van der Waals surface area contributed by atoms with E-state index in [9.17, 15) is 15.0 Å². The second-order valence-electron chi connectivity index (χ2n) is 3.37. The Kier molecular flexibility index (Phi) is 2.40. The third kappa shape index (κ3) is 1.65. The molecule has 0 amide bonds. The zero-order chi connectivity index (χ0) is 11.7. The molecule has 4 nitrogen and oxygen atoms in total. The van der Waals surface area contributed by atoms with Crippen molar-refractivity contribution in [3.8, 4) is 11.5 Å². The predicted octanol–water partition coefficient (Wildman–Crippen LogP) is 2.24. The van der Waals surface area contributed by atoms with Gasteiger partial charge in [-0.05, 0) is 25.1 Å². The highest BCUT2D eigenvalue weighted by atomic mass is 16.4. The van der Waals surface area contributed by atoms with Crippen LogP contribution in [0.25, 0.3) is 16.8 Å². The van der Waals surface area contributed by atoms with Crippen LogP contribution in [0.2, 0.25) is 0 Å². The fourth-order valence-corrected chi connectivity index (χ4v) is 1.56. The number of phenolic OH excluding ortho intramolecular Hbond substituents is 2. The fourth-order valence-electron chi connectivity index (χ4n) is 1.56. The summed E-state index contributed by atoms with van der Waals surface area (Å²) in [5, 5.41) is 19.3. The van der Waals surface area contributed by atoms with Gasteiger partial charge in [-0.1, -0.05) is 6.08 Å². The van der Waals surface area contributed by atoms with Crippen LogP contribution in [0, 0.1) is 0 Å². The first-order valence-electron chi connectivity index (χ1n) is 4.74. The Balaban J connectivity index is 2.87. The Morgan fingerprint density at radius 1 is 1.25 bits per heavy atom. The average Bonchev–Trinajstić information content (AvgIpc) is 2.15. The van der Waals surface area contributed by atoms with E-state index in [1.54, 1.807) is 25.1 Å². The quantitative estimate of drug-likeness (QED) is 0.770. The molecule has 2 aromatic rings. The third-order valence-electron chi connectivity index (χ3n) is 2.18. The molecule has 0 radical (unpaired) electrons. The third-order valence-corrected chi connectivity index (χ3v) is 2.18. The van der Waals surface area contributed by atoms with Gasteiger partial charge in [-0.25, -0.2) is 4.79 Å². The van der Waals surface area contributed by atoms with Gasteiger partial charge in [-0.3, -0.25) is 0 Å². The van der Waals surface area contributed by atoms with E-state index in [0.29, 0.717) is 11.1 Å². The van der Waals surface area contributed by atoms with Gasteiger partial charge >= 0.3 is 5.63 Å². The van der Waals surface area contributed by atoms with Crippen molar-refractivity contribution in [1.29, 1.82) is 0 Å². The molecule has 0 saturated heterocycles. The number of rotatable bonds is 1. The summed E-state index contributed by atoms with van der Waals surface area (Å²) in [5.41, 5.74) is -0.622. The van der Waals surface area contributed by atoms with Crippen LogP contribution < -0.4 is 5.63 Å². The Morgan fingerprint density at radius 2 is 2.00 bits per heavy atom. The van der Waals surface area contributed by atoms with Crippen LogP contribution >= 0.6 is 0 Å². The topological polar surface area (TPSA) is 70.7 Å². The lowest BCUT2D eigenvalue weighted by molar-refractivity contribution is 0.451. The number of fused-ring (bicyclic) bond motifs is 1. The Bertz CT molecular complexity index is 623. The van der Waals surface area contributed by atoms with Gasteiger partial charge in [-0.2, -0.15) is 0 Å². The minimum absolute atomic E-state index is 0.0750. The van der Waals surface area contributed by atoms with E-state index in [0.717, 1.165) is 6.07 Å². The van der Waals surface area contributed by atoms with E-state index in [4.69, 9.17) is 4.42 Å². The number of benzene rings is 1. The van der Waals surface area contributed by atoms with Crippen LogP contribution in [0.15, 0.2) is 33.5 Å². The van der Waals surface area contributed by atoms with Gasteiger partial charge in [0.2, 0.25) is 0 Å². The van der Waals surface area contributed by atoms with Crippen LogP contribution in [0.5, 0.6) is 11.5 Å². The molecule has 0 bridgehead atoms. The Hall–Kier alpha value is -2.23. The number of hydrogen-bond donors (Lipinski definition) is 2. The summed E-state index contributed by atoms with van der Waals surface area (Å²) in [6, 6.07) is 4.09. The maximum absolute atomic E-state index is 11.6. The van der Waals surface area contributed by atoms with E-state index in [1.165, 1.54) is 6.07 Å². The van der Waals surface area contributed by atoms with Crippen molar-refractivity contribution in [2.24, 2.45) is 0 Å². The van der Waals surface area contributed by atoms with Crippen molar-refractivity contribution >= 4 is 16.8 Å². The van der Waals surface area contributed by atoms with E-state index >= 15 is 0 Å². The lowest BCUT2D eigenvalue weighted by atomic mass is 10.1. The Morgan fingerprint density at radius 3 is 2.69 bits per heavy atom. The first-order chi connectivity index (χ1) is 7.61. The summed E-state index contributed by atoms with van der Waals surface area (Å²) in [6.45, 7) is 1.80. The van der Waals surface area contributed by atoms with Crippen molar-refractivity contribution in [2.75, 3.05) is 0 Å². The molecule has 0 saturated carbocycles. The van der Waals surface area contributed by atoms with E-state index < -0.39 is 5.63 Å². The summed E-state index contributed by atoms with van der Waals surface area (Å²) < 4.78 is 4.97. The number of aromatic hydroxyl groups is 2. The van der Waals surface area contributed by atoms with E-state index in [-0.39, 0.29) is 16.9 Å². The summed E-state index contributed by atoms with van der Waals surface area (Å²) >= 11 is 0. The van der Waals surface area contributed by atoms with Crippen molar-refractivity contribution in [3.63, 3.8) is 0 Å². The number of phenols is 2. The first kappa shape index (κ1) is 10.3. The second-order valence-corrected chi connectivity index (χ2v) is 3.37. The standard InChI is InChI=1S/C12H10O4/c1-2-3-9-5-7-4-8(13)6-10(14)11(7)12(15)16-9/h2-6,13-14H,1H3/b3-2+. The maximum Gasteiger partial charge on any atom is 0.347 e. The van der Waals surface area contributed by atoms with Crippen LogP contribution in [0.1, 0.15) is 12.7 Å². The van der Waals surface area contributed by atoms with Crippen molar-refractivity contribution in [3.05, 3.63) is 40.5 Å². The molecule has 0 unspecified atom stereocenters. The minimum atomic E-state index is -0.622. The highest BCUT2D eigenvalue weighted by Crippen LogP contribution is 2.27. The van der Waals surface area contributed by atoms with Crippen molar-refractivity contribution in [1.82, 2.24) is 0 Å². The highest BCUT2D eigenvalue weighted by Gasteiger charge is 2.09. The molecule has 2 N–H and O–H groups in total. The van der Waals surface area contributed by atoms with Crippen LogP contribution in [-0.4, -0.2) is 10.2 Å². The van der Waals surface area contributed by atoms with Gasteiger partial charge in [0.25, 0.3) is 0 Å². The Labute approximate surface area is 91.1 Å². The maximum atomic E-state index is 11.6. The molecule has 0 aliphatic rings. The largest absolute Gasteiger partial charge is 0.508 e. The smallest absolute Gasteiger partial charge is 0.347 e. The van der Waals surface area contributed by atoms with Crippen LogP contribution in [0.3, 0.4) is 0 Å². The van der Waals surface area contributed by atoms with Gasteiger partial charge in [0.05, 0.1) is 0 Å². The SMILES string of the molecule is C/C=C/c1cc2cc(O)cc(O)c2c(=O)o1. The normalized spacial score (nSPS) is 11.3. The molecule has 0 fully saturated rings. The van der Waals surface area contributed by atoms with Gasteiger partial charge in [0.15, 0.2) is 0 Å². The summed E-state index contributed by atoms with van der Waals surface area (Å²) in [5.74, 6) is 0.00260. The molecule has 1 heterocycles. The molecule has 0 spiro atoms. The van der Waals surface area contributed by atoms with Crippen molar-refractivity contribution < 1.29 is 14.6 Å². The summed E-state index contributed by atoms with van der Waals surface area (Å²) in [4.78, 5) is 11.6. The van der Waals surface area contributed by atoms with E-state index in [2.05, 4.69) is 0 Å². The molecule has 16 heavy (non-hydrogen) atoms. The molecule has 82 valence electrons. The monoisotopic (exact) mass is 218 g/mol. The number of hydrogen-bond acceptors (Lipinski definition) is 4. The van der Waals surface area contributed by atoms with E-state index in [1.807, 2.05) is 0 Å². The molecule has 0 aliphatic carbocycles. The highest BCUT2D eigenvalue weighted by molar-refractivity contribution is 5.89. The summed E-state index contributed by atoms with van der Waals surface area (Å²) in [6.07, 6.45) is 3.36. The molecule has 2 rings (SSSR count). The van der Waals surface area contributed by atoms with Crippen LogP contribution in [0.4, 0.5) is 0 Å².